The molecule has 0 bridgehead atoms. The van der Waals surface area contributed by atoms with Crippen LogP contribution in [0, 0.1) is 0 Å². The zero-order valence-corrected chi connectivity index (χ0v) is 18.2. The maximum absolute atomic E-state index is 13.0. The Balaban J connectivity index is 1.71. The first-order valence-electron chi connectivity index (χ1n) is 10.0. The Labute approximate surface area is 186 Å². The van der Waals surface area contributed by atoms with Crippen LogP contribution in [0.25, 0.3) is 17.1 Å². The molecule has 1 heterocycles. The normalized spacial score (nSPS) is 18.9. The van der Waals surface area contributed by atoms with E-state index in [2.05, 4.69) is 10.3 Å². The van der Waals surface area contributed by atoms with Gasteiger partial charge in [0, 0.05) is 29.6 Å². The van der Waals surface area contributed by atoms with E-state index in [1.165, 1.54) is 0 Å². The lowest BCUT2D eigenvalue weighted by atomic mass is 9.92. The predicted octanol–water partition coefficient (Wildman–Crippen LogP) is 5.53. The largest absolute Gasteiger partial charge is 0.379 e. The lowest BCUT2D eigenvalue weighted by molar-refractivity contribution is 0.0391. The molecule has 1 aliphatic carbocycles. The molecule has 1 aromatic heterocycles. The molecular formula is C23H23Cl2N3O2. The maximum Gasteiger partial charge on any atom is 0.271 e. The van der Waals surface area contributed by atoms with Crippen LogP contribution in [-0.2, 0) is 4.74 Å². The number of nitrogens with zero attached hydrogens (tertiary/aromatic N) is 2. The van der Waals surface area contributed by atoms with E-state index in [4.69, 9.17) is 27.9 Å². The number of ether oxygens (including phenoxy) is 1. The highest BCUT2D eigenvalue weighted by Gasteiger charge is 2.28. The number of rotatable bonds is 5. The molecular weight excluding hydrogens is 421 g/mol. The van der Waals surface area contributed by atoms with Gasteiger partial charge >= 0.3 is 0 Å². The van der Waals surface area contributed by atoms with E-state index in [0.29, 0.717) is 21.6 Å². The van der Waals surface area contributed by atoms with E-state index in [1.54, 1.807) is 25.4 Å². The summed E-state index contributed by atoms with van der Waals surface area (Å²) in [5.74, 6) is 0.380. The van der Waals surface area contributed by atoms with Crippen LogP contribution in [0.1, 0.15) is 36.2 Å². The van der Waals surface area contributed by atoms with Crippen molar-refractivity contribution in [1.29, 1.82) is 0 Å². The third-order valence-corrected chi connectivity index (χ3v) is 6.06. The zero-order valence-electron chi connectivity index (χ0n) is 16.6. The summed E-state index contributed by atoms with van der Waals surface area (Å²) in [6, 6.07) is 14.8. The van der Waals surface area contributed by atoms with Gasteiger partial charge in [0.25, 0.3) is 5.91 Å². The SMILES string of the molecule is CO[C@H]1CCCC[C@H]1NC(=O)c1cn(-c2ccc(Cl)cc2)c(-c2ccccc2Cl)n1. The summed E-state index contributed by atoms with van der Waals surface area (Å²) in [7, 11) is 1.69. The number of carbonyl (C=O) groups is 1. The molecule has 156 valence electrons. The fourth-order valence-corrected chi connectivity index (χ4v) is 4.25. The van der Waals surface area contributed by atoms with Gasteiger partial charge in [-0.2, -0.15) is 0 Å². The monoisotopic (exact) mass is 443 g/mol. The van der Waals surface area contributed by atoms with Crippen molar-refractivity contribution in [1.82, 2.24) is 14.9 Å². The fourth-order valence-electron chi connectivity index (χ4n) is 3.91. The summed E-state index contributed by atoms with van der Waals surface area (Å²) in [6.45, 7) is 0. The van der Waals surface area contributed by atoms with E-state index in [1.807, 2.05) is 41.0 Å². The maximum atomic E-state index is 13.0. The van der Waals surface area contributed by atoms with Gasteiger partial charge in [-0.3, -0.25) is 9.36 Å². The minimum atomic E-state index is -0.218. The van der Waals surface area contributed by atoms with Crippen LogP contribution in [0.4, 0.5) is 0 Å². The molecule has 0 saturated heterocycles. The summed E-state index contributed by atoms with van der Waals surface area (Å²) >= 11 is 12.5. The number of benzene rings is 2. The van der Waals surface area contributed by atoms with Crippen molar-refractivity contribution >= 4 is 29.1 Å². The number of aromatic nitrogens is 2. The van der Waals surface area contributed by atoms with Crippen molar-refractivity contribution in [3.05, 3.63) is 70.5 Å². The highest BCUT2D eigenvalue weighted by Crippen LogP contribution is 2.30. The highest BCUT2D eigenvalue weighted by molar-refractivity contribution is 6.33. The molecule has 7 heteroatoms. The topological polar surface area (TPSA) is 56.1 Å². The molecule has 1 aliphatic rings. The Morgan fingerprint density at radius 3 is 2.57 bits per heavy atom. The highest BCUT2D eigenvalue weighted by atomic mass is 35.5. The molecule has 5 nitrogen and oxygen atoms in total. The van der Waals surface area contributed by atoms with Gasteiger partial charge in [-0.1, -0.05) is 48.2 Å². The molecule has 0 radical (unpaired) electrons. The van der Waals surface area contributed by atoms with Crippen LogP contribution in [0.15, 0.2) is 54.7 Å². The van der Waals surface area contributed by atoms with Gasteiger partial charge in [0.05, 0.1) is 17.2 Å². The first-order chi connectivity index (χ1) is 14.6. The Kier molecular flexibility index (Phi) is 6.42. The minimum absolute atomic E-state index is 0.0132. The first-order valence-corrected chi connectivity index (χ1v) is 10.8. The number of carbonyl (C=O) groups excluding carboxylic acids is 1. The third kappa shape index (κ3) is 4.38. The van der Waals surface area contributed by atoms with Crippen LogP contribution in [0.3, 0.4) is 0 Å². The van der Waals surface area contributed by atoms with Crippen LogP contribution in [0.2, 0.25) is 10.0 Å². The van der Waals surface area contributed by atoms with E-state index in [-0.39, 0.29) is 18.1 Å². The number of halogens is 2. The Morgan fingerprint density at radius 2 is 1.83 bits per heavy atom. The van der Waals surface area contributed by atoms with Crippen LogP contribution >= 0.6 is 23.2 Å². The van der Waals surface area contributed by atoms with Crippen LogP contribution in [-0.4, -0.2) is 34.7 Å². The quantitative estimate of drug-likeness (QED) is 0.563. The van der Waals surface area contributed by atoms with Crippen molar-refractivity contribution < 1.29 is 9.53 Å². The third-order valence-electron chi connectivity index (χ3n) is 5.48. The number of methoxy groups -OCH3 is 1. The Bertz CT molecular complexity index is 1030. The van der Waals surface area contributed by atoms with Crippen molar-refractivity contribution in [2.75, 3.05) is 7.11 Å². The lowest BCUT2D eigenvalue weighted by Gasteiger charge is -2.30. The molecule has 1 amide bonds. The van der Waals surface area contributed by atoms with Crippen LogP contribution < -0.4 is 5.32 Å². The number of amides is 1. The van der Waals surface area contributed by atoms with Crippen LogP contribution in [0.5, 0.6) is 0 Å². The summed E-state index contributed by atoms with van der Waals surface area (Å²) in [5, 5.41) is 4.31. The van der Waals surface area contributed by atoms with E-state index >= 15 is 0 Å². The first kappa shape index (κ1) is 20.9. The number of nitrogens with one attached hydrogen (secondary N) is 1. The smallest absolute Gasteiger partial charge is 0.271 e. The molecule has 2 aromatic carbocycles. The molecule has 1 saturated carbocycles. The second kappa shape index (κ2) is 9.21. The average Bonchev–Trinajstić information content (AvgIpc) is 3.20. The summed E-state index contributed by atoms with van der Waals surface area (Å²) < 4.78 is 7.43. The summed E-state index contributed by atoms with van der Waals surface area (Å²) in [4.78, 5) is 17.7. The fraction of sp³-hybridized carbons (Fsp3) is 0.304. The van der Waals surface area contributed by atoms with Crippen molar-refractivity contribution in [2.24, 2.45) is 0 Å². The van der Waals surface area contributed by atoms with E-state index < -0.39 is 0 Å². The summed E-state index contributed by atoms with van der Waals surface area (Å²) in [6.07, 6.45) is 5.82. The minimum Gasteiger partial charge on any atom is -0.379 e. The van der Waals surface area contributed by atoms with Gasteiger partial charge < -0.3 is 10.1 Å². The average molecular weight is 444 g/mol. The molecule has 0 unspecified atom stereocenters. The summed E-state index contributed by atoms with van der Waals surface area (Å²) in [5.41, 5.74) is 1.93. The van der Waals surface area contributed by atoms with Gasteiger partial charge in [0.15, 0.2) is 0 Å². The number of hydrogen-bond acceptors (Lipinski definition) is 3. The predicted molar refractivity (Wildman–Crippen MR) is 120 cm³/mol. The standard InChI is InChI=1S/C23H23Cl2N3O2/c1-30-21-9-5-4-8-19(21)27-23(29)20-14-28(16-12-10-15(24)11-13-16)22(26-20)17-6-2-3-7-18(17)25/h2-3,6-7,10-14,19,21H,4-5,8-9H2,1H3,(H,27,29)/t19-,21+/m1/s1. The molecule has 30 heavy (non-hydrogen) atoms. The van der Waals surface area contributed by atoms with Gasteiger partial charge in [-0.25, -0.2) is 4.98 Å². The van der Waals surface area contributed by atoms with Gasteiger partial charge in [0.2, 0.25) is 0 Å². The molecule has 4 rings (SSSR count). The van der Waals surface area contributed by atoms with Crippen molar-refractivity contribution in [3.63, 3.8) is 0 Å². The second-order valence-corrected chi connectivity index (χ2v) is 8.26. The van der Waals surface area contributed by atoms with Gasteiger partial charge in [-0.15, -0.1) is 0 Å². The molecule has 2 atom stereocenters. The lowest BCUT2D eigenvalue weighted by Crippen LogP contribution is -2.46. The van der Waals surface area contributed by atoms with Crippen molar-refractivity contribution in [2.45, 2.75) is 37.8 Å². The number of imidazole rings is 1. The van der Waals surface area contributed by atoms with E-state index in [0.717, 1.165) is 36.9 Å². The Morgan fingerprint density at radius 1 is 1.10 bits per heavy atom. The molecule has 0 aliphatic heterocycles. The zero-order chi connectivity index (χ0) is 21.1. The van der Waals surface area contributed by atoms with Gasteiger partial charge in [-0.05, 0) is 49.2 Å². The van der Waals surface area contributed by atoms with Gasteiger partial charge in [0.1, 0.15) is 11.5 Å². The number of hydrogen-bond donors (Lipinski definition) is 1. The van der Waals surface area contributed by atoms with E-state index in [9.17, 15) is 4.79 Å². The molecule has 3 aromatic rings. The molecule has 1 N–H and O–H groups in total. The molecule has 0 spiro atoms. The second-order valence-electron chi connectivity index (χ2n) is 7.41. The Hall–Kier alpha value is -2.34. The van der Waals surface area contributed by atoms with Crippen molar-refractivity contribution in [3.8, 4) is 17.1 Å². The molecule has 1 fully saturated rings.